The molecule has 1 heterocycles. The molecule has 0 spiro atoms. The molecule has 3 rings (SSSR count). The van der Waals surface area contributed by atoms with Crippen LogP contribution in [0.3, 0.4) is 0 Å². The van der Waals surface area contributed by atoms with Gasteiger partial charge >= 0.3 is 5.97 Å². The highest BCUT2D eigenvalue weighted by Crippen LogP contribution is 2.31. The van der Waals surface area contributed by atoms with Gasteiger partial charge in [-0.1, -0.05) is 31.0 Å². The summed E-state index contributed by atoms with van der Waals surface area (Å²) in [6.07, 6.45) is 3.47. The van der Waals surface area contributed by atoms with Crippen molar-refractivity contribution in [2.45, 2.75) is 31.3 Å². The lowest BCUT2D eigenvalue weighted by Crippen LogP contribution is -2.34. The minimum absolute atomic E-state index is 0.115. The van der Waals surface area contributed by atoms with Gasteiger partial charge in [-0.05, 0) is 18.9 Å². The van der Waals surface area contributed by atoms with Crippen molar-refractivity contribution in [2.75, 3.05) is 11.9 Å². The molecular weight excluding hydrogens is 270 g/mol. The van der Waals surface area contributed by atoms with Gasteiger partial charge in [-0.15, -0.1) is 10.2 Å². The van der Waals surface area contributed by atoms with Crippen LogP contribution < -0.4 is 5.32 Å². The number of aliphatic hydroxyl groups is 1. The SMILES string of the molecule is O=C(O)c1nnc2ccccc2c1NCC1(O)CCCC1. The van der Waals surface area contributed by atoms with Gasteiger partial charge in [-0.3, -0.25) is 0 Å². The molecule has 6 heteroatoms. The Kier molecular flexibility index (Phi) is 3.47. The summed E-state index contributed by atoms with van der Waals surface area (Å²) in [5.74, 6) is -1.13. The highest BCUT2D eigenvalue weighted by atomic mass is 16.4. The van der Waals surface area contributed by atoms with E-state index in [1.807, 2.05) is 12.1 Å². The lowest BCUT2D eigenvalue weighted by Gasteiger charge is -2.23. The van der Waals surface area contributed by atoms with E-state index in [0.717, 1.165) is 25.7 Å². The van der Waals surface area contributed by atoms with E-state index in [9.17, 15) is 15.0 Å². The zero-order chi connectivity index (χ0) is 14.9. The third-order valence-corrected chi connectivity index (χ3v) is 4.00. The van der Waals surface area contributed by atoms with Crippen molar-refractivity contribution in [1.29, 1.82) is 0 Å². The van der Waals surface area contributed by atoms with Gasteiger partial charge < -0.3 is 15.5 Å². The van der Waals surface area contributed by atoms with Crippen molar-refractivity contribution in [3.05, 3.63) is 30.0 Å². The van der Waals surface area contributed by atoms with E-state index in [0.29, 0.717) is 23.1 Å². The number of nitrogens with zero attached hydrogens (tertiary/aromatic N) is 2. The Morgan fingerprint density at radius 2 is 1.95 bits per heavy atom. The Balaban J connectivity index is 1.98. The molecule has 0 bridgehead atoms. The van der Waals surface area contributed by atoms with Crippen LogP contribution in [0.1, 0.15) is 36.2 Å². The summed E-state index contributed by atoms with van der Waals surface area (Å²) in [5, 5.41) is 31.2. The molecule has 3 N–H and O–H groups in total. The van der Waals surface area contributed by atoms with Gasteiger partial charge in [0.05, 0.1) is 16.8 Å². The number of aromatic carboxylic acids is 1. The Morgan fingerprint density at radius 1 is 1.24 bits per heavy atom. The van der Waals surface area contributed by atoms with Gasteiger partial charge in [0, 0.05) is 11.9 Å². The Labute approximate surface area is 121 Å². The number of anilines is 1. The summed E-state index contributed by atoms with van der Waals surface area (Å²) in [7, 11) is 0. The average molecular weight is 287 g/mol. The van der Waals surface area contributed by atoms with Crippen molar-refractivity contribution >= 4 is 22.6 Å². The maximum absolute atomic E-state index is 11.3. The normalized spacial score (nSPS) is 17.0. The molecule has 1 aromatic carbocycles. The fourth-order valence-corrected chi connectivity index (χ4v) is 2.85. The molecule has 0 unspecified atom stereocenters. The summed E-state index contributed by atoms with van der Waals surface area (Å²) in [6, 6.07) is 7.23. The second kappa shape index (κ2) is 5.29. The smallest absolute Gasteiger partial charge is 0.358 e. The number of benzene rings is 1. The molecule has 1 fully saturated rings. The summed E-state index contributed by atoms with van der Waals surface area (Å²) < 4.78 is 0. The molecule has 2 aromatic rings. The highest BCUT2D eigenvalue weighted by Gasteiger charge is 2.31. The van der Waals surface area contributed by atoms with Crippen LogP contribution in [0.25, 0.3) is 10.9 Å². The molecule has 0 radical (unpaired) electrons. The number of carbonyl (C=O) groups is 1. The number of hydrogen-bond donors (Lipinski definition) is 3. The number of carboxylic acids is 1. The van der Waals surface area contributed by atoms with Gasteiger partial charge in [0.2, 0.25) is 0 Å². The number of carboxylic acid groups (broad SMARTS) is 1. The van der Waals surface area contributed by atoms with E-state index in [4.69, 9.17) is 0 Å². The van der Waals surface area contributed by atoms with Crippen molar-refractivity contribution in [3.63, 3.8) is 0 Å². The number of nitrogens with one attached hydrogen (secondary N) is 1. The number of rotatable bonds is 4. The monoisotopic (exact) mass is 287 g/mol. The quantitative estimate of drug-likeness (QED) is 0.796. The van der Waals surface area contributed by atoms with Crippen LogP contribution in [0.15, 0.2) is 24.3 Å². The van der Waals surface area contributed by atoms with Gasteiger partial charge in [0.25, 0.3) is 0 Å². The van der Waals surface area contributed by atoms with E-state index in [-0.39, 0.29) is 5.69 Å². The fourth-order valence-electron chi connectivity index (χ4n) is 2.85. The van der Waals surface area contributed by atoms with Gasteiger partial charge in [-0.25, -0.2) is 4.79 Å². The van der Waals surface area contributed by atoms with Crippen molar-refractivity contribution in [3.8, 4) is 0 Å². The van der Waals surface area contributed by atoms with Gasteiger partial charge in [0.15, 0.2) is 5.69 Å². The van der Waals surface area contributed by atoms with E-state index in [1.165, 1.54) is 0 Å². The summed E-state index contributed by atoms with van der Waals surface area (Å²) in [6.45, 7) is 0.322. The first kappa shape index (κ1) is 13.8. The molecular formula is C15H17N3O3. The largest absolute Gasteiger partial charge is 0.476 e. The summed E-state index contributed by atoms with van der Waals surface area (Å²) >= 11 is 0. The second-order valence-corrected chi connectivity index (χ2v) is 5.53. The number of hydrogen-bond acceptors (Lipinski definition) is 5. The van der Waals surface area contributed by atoms with Crippen LogP contribution >= 0.6 is 0 Å². The lowest BCUT2D eigenvalue weighted by atomic mass is 10.0. The third kappa shape index (κ3) is 2.67. The van der Waals surface area contributed by atoms with E-state index in [2.05, 4.69) is 15.5 Å². The minimum atomic E-state index is -1.13. The maximum Gasteiger partial charge on any atom is 0.358 e. The Bertz CT molecular complexity index is 681. The molecule has 110 valence electrons. The molecule has 1 aromatic heterocycles. The molecule has 0 saturated heterocycles. The van der Waals surface area contributed by atoms with Crippen LogP contribution in [-0.4, -0.2) is 38.5 Å². The van der Waals surface area contributed by atoms with E-state index < -0.39 is 11.6 Å². The van der Waals surface area contributed by atoms with Crippen molar-refractivity contribution < 1.29 is 15.0 Å². The zero-order valence-corrected chi connectivity index (χ0v) is 11.5. The summed E-state index contributed by atoms with van der Waals surface area (Å²) in [5.41, 5.74) is 0.173. The molecule has 0 atom stereocenters. The van der Waals surface area contributed by atoms with Crippen LogP contribution in [0.5, 0.6) is 0 Å². The maximum atomic E-state index is 11.3. The third-order valence-electron chi connectivity index (χ3n) is 4.00. The standard InChI is InChI=1S/C15H17N3O3/c19-14(20)13-12(16-9-15(21)7-3-4-8-15)10-5-1-2-6-11(10)17-18-13/h1-2,5-6,21H,3-4,7-9H2,(H,16,17)(H,19,20). The van der Waals surface area contributed by atoms with Crippen LogP contribution in [0, 0.1) is 0 Å². The molecule has 1 aliphatic rings. The predicted molar refractivity (Wildman–Crippen MR) is 78.4 cm³/mol. The number of aromatic nitrogens is 2. The van der Waals surface area contributed by atoms with E-state index in [1.54, 1.807) is 12.1 Å². The zero-order valence-electron chi connectivity index (χ0n) is 11.5. The summed E-state index contributed by atoms with van der Waals surface area (Å²) in [4.78, 5) is 11.3. The second-order valence-electron chi connectivity index (χ2n) is 5.53. The van der Waals surface area contributed by atoms with E-state index >= 15 is 0 Å². The van der Waals surface area contributed by atoms with Crippen molar-refractivity contribution in [2.24, 2.45) is 0 Å². The van der Waals surface area contributed by atoms with Gasteiger partial charge in [0.1, 0.15) is 0 Å². The first-order valence-electron chi connectivity index (χ1n) is 7.04. The first-order valence-corrected chi connectivity index (χ1v) is 7.04. The van der Waals surface area contributed by atoms with Crippen LogP contribution in [0.2, 0.25) is 0 Å². The van der Waals surface area contributed by atoms with Crippen LogP contribution in [0.4, 0.5) is 5.69 Å². The Morgan fingerprint density at radius 3 is 2.67 bits per heavy atom. The topological polar surface area (TPSA) is 95.3 Å². The molecule has 0 aliphatic heterocycles. The van der Waals surface area contributed by atoms with Gasteiger partial charge in [-0.2, -0.15) is 0 Å². The Hall–Kier alpha value is -2.21. The molecule has 0 amide bonds. The first-order chi connectivity index (χ1) is 10.1. The molecule has 21 heavy (non-hydrogen) atoms. The molecule has 6 nitrogen and oxygen atoms in total. The average Bonchev–Trinajstić information content (AvgIpc) is 2.91. The predicted octanol–water partition coefficient (Wildman–Crippen LogP) is 2.04. The molecule has 1 saturated carbocycles. The molecule has 1 aliphatic carbocycles. The van der Waals surface area contributed by atoms with Crippen molar-refractivity contribution in [1.82, 2.24) is 10.2 Å². The lowest BCUT2D eigenvalue weighted by molar-refractivity contribution is 0.0610. The highest BCUT2D eigenvalue weighted by molar-refractivity contribution is 6.02. The van der Waals surface area contributed by atoms with Crippen LogP contribution in [-0.2, 0) is 0 Å². The minimum Gasteiger partial charge on any atom is -0.476 e. The number of fused-ring (bicyclic) bond motifs is 1. The fraction of sp³-hybridized carbons (Fsp3) is 0.400.